The van der Waals surface area contributed by atoms with Gasteiger partial charge in [-0.3, -0.25) is 0 Å². The predicted molar refractivity (Wildman–Crippen MR) is 93.0 cm³/mol. The van der Waals surface area contributed by atoms with Crippen LogP contribution in [0.5, 0.6) is 0 Å². The maximum atomic E-state index is 10.9. The number of hydrogen-bond donors (Lipinski definition) is 3. The molecular weight excluding hydrogens is 308 g/mol. The van der Waals surface area contributed by atoms with Crippen molar-refractivity contribution in [2.75, 3.05) is 30.0 Å². The van der Waals surface area contributed by atoms with E-state index in [9.17, 15) is 4.79 Å². The van der Waals surface area contributed by atoms with Crippen molar-refractivity contribution in [1.29, 1.82) is 0 Å². The lowest BCUT2D eigenvalue weighted by Gasteiger charge is -2.20. The number of carboxylic acid groups (broad SMARTS) is 1. The molecule has 0 aliphatic carbocycles. The number of nitrogens with two attached hydrogens (primary N) is 2. The van der Waals surface area contributed by atoms with Gasteiger partial charge in [-0.05, 0) is 30.3 Å². The van der Waals surface area contributed by atoms with Gasteiger partial charge >= 0.3 is 5.97 Å². The first kappa shape index (κ1) is 15.6. The van der Waals surface area contributed by atoms with E-state index in [1.54, 1.807) is 24.3 Å². The van der Waals surface area contributed by atoms with Crippen LogP contribution >= 0.6 is 0 Å². The van der Waals surface area contributed by atoms with Crippen LogP contribution in [0.1, 0.15) is 10.4 Å². The van der Waals surface area contributed by atoms with E-state index in [0.29, 0.717) is 24.4 Å². The zero-order valence-corrected chi connectivity index (χ0v) is 13.2. The Morgan fingerprint density at radius 3 is 2.58 bits per heavy atom. The molecule has 0 aliphatic heterocycles. The number of nitrogen functional groups attached to an aromatic ring is 2. The van der Waals surface area contributed by atoms with Crippen molar-refractivity contribution < 1.29 is 9.90 Å². The lowest BCUT2D eigenvalue weighted by atomic mass is 10.2. The van der Waals surface area contributed by atoms with Crippen LogP contribution in [-0.2, 0) is 6.54 Å². The monoisotopic (exact) mass is 326 g/mol. The lowest BCUT2D eigenvalue weighted by molar-refractivity contribution is 0.0697. The Morgan fingerprint density at radius 1 is 1.21 bits per heavy atom. The molecule has 1 aromatic carbocycles. The van der Waals surface area contributed by atoms with Crippen LogP contribution in [-0.4, -0.2) is 39.2 Å². The molecule has 2 heterocycles. The lowest BCUT2D eigenvalue weighted by Crippen LogP contribution is -2.22. The summed E-state index contributed by atoms with van der Waals surface area (Å²) in [5.41, 5.74) is 14.2. The number of rotatable bonds is 5. The normalized spacial score (nSPS) is 10.9. The van der Waals surface area contributed by atoms with E-state index < -0.39 is 5.97 Å². The van der Waals surface area contributed by atoms with Gasteiger partial charge in [0.2, 0.25) is 5.95 Å². The minimum Gasteiger partial charge on any atom is -0.478 e. The summed E-state index contributed by atoms with van der Waals surface area (Å²) < 4.78 is 1.98. The number of aromatic nitrogens is 3. The van der Waals surface area contributed by atoms with Crippen LogP contribution in [0.4, 0.5) is 17.5 Å². The number of carbonyl (C=O) groups is 1. The first-order chi connectivity index (χ1) is 11.5. The van der Waals surface area contributed by atoms with Crippen molar-refractivity contribution in [1.82, 2.24) is 14.5 Å². The number of benzene rings is 1. The van der Waals surface area contributed by atoms with Crippen LogP contribution in [0.3, 0.4) is 0 Å². The fourth-order valence-corrected chi connectivity index (χ4v) is 2.59. The summed E-state index contributed by atoms with van der Waals surface area (Å²) in [6.07, 6.45) is 1.90. The Bertz CT molecular complexity index is 887. The average Bonchev–Trinajstić information content (AvgIpc) is 2.95. The van der Waals surface area contributed by atoms with Crippen molar-refractivity contribution in [2.45, 2.75) is 6.54 Å². The summed E-state index contributed by atoms with van der Waals surface area (Å²) in [6.45, 7) is 1.39. The van der Waals surface area contributed by atoms with E-state index in [2.05, 4.69) is 9.97 Å². The quantitative estimate of drug-likeness (QED) is 0.648. The highest BCUT2D eigenvalue weighted by Crippen LogP contribution is 2.20. The predicted octanol–water partition coefficient (Wildman–Crippen LogP) is 1.43. The zero-order chi connectivity index (χ0) is 17.3. The van der Waals surface area contributed by atoms with Gasteiger partial charge in [-0.1, -0.05) is 0 Å². The molecule has 0 bridgehead atoms. The molecule has 3 rings (SSSR count). The van der Waals surface area contributed by atoms with Gasteiger partial charge in [-0.2, -0.15) is 4.98 Å². The molecule has 0 saturated carbocycles. The molecule has 0 spiro atoms. The van der Waals surface area contributed by atoms with Crippen LogP contribution in [0.25, 0.3) is 11.0 Å². The Morgan fingerprint density at radius 2 is 1.92 bits per heavy atom. The molecule has 0 fully saturated rings. The zero-order valence-electron chi connectivity index (χ0n) is 13.2. The molecule has 2 aromatic heterocycles. The second-order valence-electron chi connectivity index (χ2n) is 5.48. The molecule has 0 amide bonds. The molecule has 0 atom stereocenters. The van der Waals surface area contributed by atoms with Gasteiger partial charge in [0.25, 0.3) is 0 Å². The van der Waals surface area contributed by atoms with E-state index in [1.807, 2.05) is 28.8 Å². The minimum atomic E-state index is -0.933. The number of likely N-dealkylation sites (N-methyl/N-ethyl adjacent to an activating group) is 1. The van der Waals surface area contributed by atoms with E-state index >= 15 is 0 Å². The third-order valence-electron chi connectivity index (χ3n) is 3.89. The van der Waals surface area contributed by atoms with Gasteiger partial charge in [-0.25, -0.2) is 9.78 Å². The second-order valence-corrected chi connectivity index (χ2v) is 5.48. The van der Waals surface area contributed by atoms with Gasteiger partial charge in [0.1, 0.15) is 5.52 Å². The molecule has 124 valence electrons. The highest BCUT2D eigenvalue weighted by atomic mass is 16.4. The molecule has 0 unspecified atom stereocenters. The summed E-state index contributed by atoms with van der Waals surface area (Å²) in [5, 5.41) is 8.94. The standard InChI is InChI=1S/C16H18N6O2/c1-21(11-4-2-10(3-5-11)15(23)24)8-9-22-7-6-12-13(22)14(17)20-16(18)19-12/h2-7H,8-9H2,1H3,(H,23,24)(H4,17,18,19,20). The number of anilines is 3. The van der Waals surface area contributed by atoms with Crippen LogP contribution in [0, 0.1) is 0 Å². The second kappa shape index (κ2) is 6.07. The molecule has 8 nitrogen and oxygen atoms in total. The molecule has 0 saturated heterocycles. The Kier molecular flexibility index (Phi) is 3.95. The van der Waals surface area contributed by atoms with Crippen LogP contribution < -0.4 is 16.4 Å². The van der Waals surface area contributed by atoms with E-state index in [0.717, 1.165) is 11.2 Å². The SMILES string of the molecule is CN(CCn1ccc2nc(N)nc(N)c21)c1ccc(C(=O)O)cc1. The maximum absolute atomic E-state index is 10.9. The van der Waals surface area contributed by atoms with Crippen molar-refractivity contribution in [3.63, 3.8) is 0 Å². The molecule has 5 N–H and O–H groups in total. The summed E-state index contributed by atoms with van der Waals surface area (Å²) in [5.74, 6) is -0.415. The van der Waals surface area contributed by atoms with Crippen molar-refractivity contribution in [3.8, 4) is 0 Å². The van der Waals surface area contributed by atoms with Gasteiger partial charge in [0.15, 0.2) is 5.82 Å². The molecule has 24 heavy (non-hydrogen) atoms. The third-order valence-corrected chi connectivity index (χ3v) is 3.89. The van der Waals surface area contributed by atoms with Gasteiger partial charge in [0.05, 0.1) is 11.1 Å². The number of nitrogens with zero attached hydrogens (tertiary/aromatic N) is 4. The van der Waals surface area contributed by atoms with Crippen LogP contribution in [0.2, 0.25) is 0 Å². The molecule has 0 aliphatic rings. The first-order valence-corrected chi connectivity index (χ1v) is 7.38. The summed E-state index contributed by atoms with van der Waals surface area (Å²) in [7, 11) is 1.94. The average molecular weight is 326 g/mol. The molecule has 8 heteroatoms. The van der Waals surface area contributed by atoms with E-state index in [4.69, 9.17) is 16.6 Å². The number of fused-ring (bicyclic) bond motifs is 1. The Labute approximate surface area is 138 Å². The summed E-state index contributed by atoms with van der Waals surface area (Å²) in [4.78, 5) is 21.1. The summed E-state index contributed by atoms with van der Waals surface area (Å²) in [6, 6.07) is 8.61. The molecule has 0 radical (unpaired) electrons. The number of aromatic carboxylic acids is 1. The smallest absolute Gasteiger partial charge is 0.335 e. The number of hydrogen-bond acceptors (Lipinski definition) is 6. The third kappa shape index (κ3) is 2.94. The van der Waals surface area contributed by atoms with E-state index in [-0.39, 0.29) is 11.5 Å². The maximum Gasteiger partial charge on any atom is 0.335 e. The largest absolute Gasteiger partial charge is 0.478 e. The molecule has 3 aromatic rings. The van der Waals surface area contributed by atoms with Crippen molar-refractivity contribution in [2.24, 2.45) is 0 Å². The highest BCUT2D eigenvalue weighted by molar-refractivity contribution is 5.88. The van der Waals surface area contributed by atoms with Gasteiger partial charge in [-0.15, -0.1) is 0 Å². The van der Waals surface area contributed by atoms with Gasteiger partial charge in [0, 0.05) is 32.0 Å². The van der Waals surface area contributed by atoms with Crippen molar-refractivity contribution in [3.05, 3.63) is 42.1 Å². The highest BCUT2D eigenvalue weighted by Gasteiger charge is 2.10. The number of carboxylic acids is 1. The fraction of sp³-hybridized carbons (Fsp3) is 0.188. The topological polar surface area (TPSA) is 123 Å². The summed E-state index contributed by atoms with van der Waals surface area (Å²) >= 11 is 0. The van der Waals surface area contributed by atoms with Crippen molar-refractivity contribution >= 4 is 34.5 Å². The fourth-order valence-electron chi connectivity index (χ4n) is 2.59. The molecular formula is C16H18N6O2. The van der Waals surface area contributed by atoms with Crippen LogP contribution in [0.15, 0.2) is 36.5 Å². The Hall–Kier alpha value is -3.29. The van der Waals surface area contributed by atoms with Gasteiger partial charge < -0.3 is 26.0 Å². The van der Waals surface area contributed by atoms with E-state index in [1.165, 1.54) is 0 Å². The first-order valence-electron chi connectivity index (χ1n) is 7.38. The Balaban J connectivity index is 1.74. The minimum absolute atomic E-state index is 0.161.